The van der Waals surface area contributed by atoms with E-state index in [1.807, 2.05) is 20.8 Å². The van der Waals surface area contributed by atoms with Gasteiger partial charge in [0.2, 0.25) is 0 Å². The van der Waals surface area contributed by atoms with Crippen LogP contribution in [0.2, 0.25) is 0 Å². The Bertz CT molecular complexity index is 358. The first-order valence-electron chi connectivity index (χ1n) is 8.05. The van der Waals surface area contributed by atoms with E-state index < -0.39 is 17.8 Å². The van der Waals surface area contributed by atoms with Crippen LogP contribution in [-0.2, 0) is 4.74 Å². The Morgan fingerprint density at radius 1 is 1.32 bits per heavy atom. The van der Waals surface area contributed by atoms with Crippen molar-refractivity contribution in [1.82, 2.24) is 9.80 Å². The van der Waals surface area contributed by atoms with E-state index in [-0.39, 0.29) is 24.7 Å². The first kappa shape index (κ1) is 19.2. The Morgan fingerprint density at radius 3 is 2.27 bits per heavy atom. The van der Waals surface area contributed by atoms with Gasteiger partial charge in [0.25, 0.3) is 0 Å². The number of hydrogen-bond donors (Lipinski definition) is 2. The summed E-state index contributed by atoms with van der Waals surface area (Å²) in [6.07, 6.45) is 0.111. The van der Waals surface area contributed by atoms with Crippen molar-refractivity contribution in [3.05, 3.63) is 0 Å². The van der Waals surface area contributed by atoms with Crippen molar-refractivity contribution in [2.75, 3.05) is 20.1 Å². The molecule has 0 spiro atoms. The summed E-state index contributed by atoms with van der Waals surface area (Å²) in [5, 5.41) is 20.0. The molecule has 0 radical (unpaired) electrons. The van der Waals surface area contributed by atoms with Crippen molar-refractivity contribution >= 4 is 6.09 Å². The third-order valence-corrected chi connectivity index (χ3v) is 3.97. The molecular formula is C16H32N2O4. The largest absolute Gasteiger partial charge is 0.444 e. The Balaban J connectivity index is 2.48. The molecule has 2 N–H and O–H groups in total. The number of carbonyl (C=O) groups excluding carboxylic acids is 1. The predicted octanol–water partition coefficient (Wildman–Crippen LogP) is 1.45. The second-order valence-corrected chi connectivity index (χ2v) is 7.53. The van der Waals surface area contributed by atoms with E-state index in [0.29, 0.717) is 6.54 Å². The van der Waals surface area contributed by atoms with Crippen molar-refractivity contribution in [3.63, 3.8) is 0 Å². The van der Waals surface area contributed by atoms with Gasteiger partial charge in [-0.3, -0.25) is 4.90 Å². The summed E-state index contributed by atoms with van der Waals surface area (Å²) in [5.74, 6) is 0. The van der Waals surface area contributed by atoms with Crippen molar-refractivity contribution in [2.24, 2.45) is 0 Å². The standard InChI is InChI=1S/C16H32N2O4/c1-11-7-13(19)8-12(2)18(11)10-14(20)9-17(6)15(21)22-16(3,4)5/h11-14,19-20H,7-10H2,1-6H3. The zero-order valence-electron chi connectivity index (χ0n) is 14.7. The minimum Gasteiger partial charge on any atom is -0.444 e. The number of β-amino-alcohol motifs (C(OH)–C–C–N with tert-alkyl or cyclic N) is 1. The lowest BCUT2D eigenvalue weighted by atomic mass is 9.94. The number of nitrogens with zero attached hydrogens (tertiary/aromatic N) is 2. The van der Waals surface area contributed by atoms with Crippen molar-refractivity contribution in [1.29, 1.82) is 0 Å². The molecule has 1 fully saturated rings. The van der Waals surface area contributed by atoms with E-state index in [1.165, 1.54) is 4.90 Å². The fourth-order valence-electron chi connectivity index (χ4n) is 2.98. The number of aliphatic hydroxyl groups is 2. The molecule has 1 heterocycles. The van der Waals surface area contributed by atoms with E-state index in [0.717, 1.165) is 12.8 Å². The molecule has 3 atom stereocenters. The highest BCUT2D eigenvalue weighted by Gasteiger charge is 2.31. The summed E-state index contributed by atoms with van der Waals surface area (Å²) in [5.41, 5.74) is -0.539. The summed E-state index contributed by atoms with van der Waals surface area (Å²) >= 11 is 0. The molecule has 1 amide bonds. The van der Waals surface area contributed by atoms with Gasteiger partial charge in [-0.2, -0.15) is 0 Å². The number of amides is 1. The molecule has 1 aliphatic rings. The molecule has 6 nitrogen and oxygen atoms in total. The van der Waals surface area contributed by atoms with Crippen LogP contribution < -0.4 is 0 Å². The second-order valence-electron chi connectivity index (χ2n) is 7.53. The number of piperidine rings is 1. The molecular weight excluding hydrogens is 284 g/mol. The molecule has 0 bridgehead atoms. The number of ether oxygens (including phenoxy) is 1. The lowest BCUT2D eigenvalue weighted by Gasteiger charge is -2.42. The van der Waals surface area contributed by atoms with Gasteiger partial charge in [0.05, 0.1) is 18.8 Å². The molecule has 130 valence electrons. The minimum absolute atomic E-state index is 0.222. The first-order valence-corrected chi connectivity index (χ1v) is 8.05. The van der Waals surface area contributed by atoms with E-state index >= 15 is 0 Å². The molecule has 6 heteroatoms. The van der Waals surface area contributed by atoms with E-state index in [1.54, 1.807) is 7.05 Å². The highest BCUT2D eigenvalue weighted by molar-refractivity contribution is 5.67. The van der Waals surface area contributed by atoms with Crippen LogP contribution in [-0.4, -0.2) is 76.1 Å². The van der Waals surface area contributed by atoms with Gasteiger partial charge in [0.1, 0.15) is 5.60 Å². The van der Waals surface area contributed by atoms with Crippen LogP contribution in [0.1, 0.15) is 47.5 Å². The fraction of sp³-hybridized carbons (Fsp3) is 0.938. The van der Waals surface area contributed by atoms with Gasteiger partial charge in [0, 0.05) is 25.7 Å². The fourth-order valence-corrected chi connectivity index (χ4v) is 2.98. The van der Waals surface area contributed by atoms with Crippen LogP contribution in [0.15, 0.2) is 0 Å². The second kappa shape index (κ2) is 7.62. The topological polar surface area (TPSA) is 73.2 Å². The first-order chi connectivity index (χ1) is 9.99. The average Bonchev–Trinajstić information content (AvgIpc) is 2.31. The van der Waals surface area contributed by atoms with Crippen LogP contribution in [0.25, 0.3) is 0 Å². The molecule has 1 saturated heterocycles. The molecule has 1 rings (SSSR count). The molecule has 3 unspecified atom stereocenters. The van der Waals surface area contributed by atoms with E-state index in [4.69, 9.17) is 4.74 Å². The van der Waals surface area contributed by atoms with Crippen LogP contribution in [0.3, 0.4) is 0 Å². The molecule has 0 aromatic rings. The molecule has 1 aliphatic heterocycles. The lowest BCUT2D eigenvalue weighted by Crippen LogP contribution is -2.52. The predicted molar refractivity (Wildman–Crippen MR) is 85.7 cm³/mol. The zero-order chi connectivity index (χ0) is 17.1. The Kier molecular flexibility index (Phi) is 6.65. The van der Waals surface area contributed by atoms with Crippen molar-refractivity contribution in [2.45, 2.75) is 77.4 Å². The maximum absolute atomic E-state index is 11.9. The zero-order valence-corrected chi connectivity index (χ0v) is 14.7. The highest BCUT2D eigenvalue weighted by atomic mass is 16.6. The number of hydrogen-bond acceptors (Lipinski definition) is 5. The summed E-state index contributed by atoms with van der Waals surface area (Å²) in [6.45, 7) is 10.3. The molecule has 22 heavy (non-hydrogen) atoms. The molecule has 0 aromatic heterocycles. The molecule has 0 saturated carbocycles. The van der Waals surface area contributed by atoms with E-state index in [9.17, 15) is 15.0 Å². The number of aliphatic hydroxyl groups excluding tert-OH is 2. The number of carbonyl (C=O) groups is 1. The maximum atomic E-state index is 11.9. The number of rotatable bonds is 4. The van der Waals surface area contributed by atoms with Gasteiger partial charge >= 0.3 is 6.09 Å². The SMILES string of the molecule is CC1CC(O)CC(C)N1CC(O)CN(C)C(=O)OC(C)(C)C. The Labute approximate surface area is 134 Å². The third-order valence-electron chi connectivity index (χ3n) is 3.97. The van der Waals surface area contributed by atoms with Gasteiger partial charge in [-0.15, -0.1) is 0 Å². The van der Waals surface area contributed by atoms with Crippen LogP contribution in [0, 0.1) is 0 Å². The maximum Gasteiger partial charge on any atom is 0.410 e. The molecule has 0 aliphatic carbocycles. The van der Waals surface area contributed by atoms with Crippen LogP contribution in [0.4, 0.5) is 4.79 Å². The summed E-state index contributed by atoms with van der Waals surface area (Å²) in [6, 6.07) is 0.445. The minimum atomic E-state index is -0.641. The van der Waals surface area contributed by atoms with Gasteiger partial charge in [-0.25, -0.2) is 4.79 Å². The average molecular weight is 316 g/mol. The number of likely N-dealkylation sites (N-methyl/N-ethyl adjacent to an activating group) is 1. The van der Waals surface area contributed by atoms with Crippen LogP contribution in [0.5, 0.6) is 0 Å². The van der Waals surface area contributed by atoms with Gasteiger partial charge in [-0.05, 0) is 47.5 Å². The van der Waals surface area contributed by atoms with Crippen LogP contribution >= 0.6 is 0 Å². The monoisotopic (exact) mass is 316 g/mol. The Hall–Kier alpha value is -0.850. The van der Waals surface area contributed by atoms with Gasteiger partial charge in [-0.1, -0.05) is 0 Å². The Morgan fingerprint density at radius 2 is 1.82 bits per heavy atom. The summed E-state index contributed by atoms with van der Waals surface area (Å²) in [4.78, 5) is 15.5. The quantitative estimate of drug-likeness (QED) is 0.821. The lowest BCUT2D eigenvalue weighted by molar-refractivity contribution is -0.0198. The van der Waals surface area contributed by atoms with Crippen molar-refractivity contribution < 1.29 is 19.7 Å². The summed E-state index contributed by atoms with van der Waals surface area (Å²) < 4.78 is 5.28. The van der Waals surface area contributed by atoms with Gasteiger partial charge in [0.15, 0.2) is 0 Å². The normalized spacial score (nSPS) is 28.3. The smallest absolute Gasteiger partial charge is 0.410 e. The highest BCUT2D eigenvalue weighted by Crippen LogP contribution is 2.23. The third kappa shape index (κ3) is 6.10. The van der Waals surface area contributed by atoms with E-state index in [2.05, 4.69) is 18.7 Å². The van der Waals surface area contributed by atoms with Crippen molar-refractivity contribution in [3.8, 4) is 0 Å². The summed E-state index contributed by atoms with van der Waals surface area (Å²) in [7, 11) is 1.63. The van der Waals surface area contributed by atoms with Gasteiger partial charge < -0.3 is 19.8 Å². The number of likely N-dealkylation sites (tertiary alicyclic amines) is 1. The molecule has 0 aromatic carbocycles.